The highest BCUT2D eigenvalue weighted by atomic mass is 35.5. The molecule has 1 fully saturated rings. The van der Waals surface area contributed by atoms with Crippen LogP contribution in [0.3, 0.4) is 0 Å². The standard InChI is InChI=1S/C15H18ClNO4S/c1-12(16)11-21-15(18)14(13-5-3-2-4-6-13)17-7-9-22(19,20)10-8-17/h2-6,14H,1,7-11H2/t14-/m0/s1. The molecule has 1 atom stereocenters. The summed E-state index contributed by atoms with van der Waals surface area (Å²) in [6.45, 7) is 4.04. The number of hydrogen-bond acceptors (Lipinski definition) is 5. The van der Waals surface area contributed by atoms with Crippen LogP contribution in [0.1, 0.15) is 11.6 Å². The molecule has 5 nitrogen and oxygen atoms in total. The van der Waals surface area contributed by atoms with Crippen LogP contribution in [0.5, 0.6) is 0 Å². The van der Waals surface area contributed by atoms with Crippen molar-refractivity contribution in [3.63, 3.8) is 0 Å². The van der Waals surface area contributed by atoms with E-state index < -0.39 is 21.8 Å². The van der Waals surface area contributed by atoms with Crippen LogP contribution in [0.15, 0.2) is 41.9 Å². The van der Waals surface area contributed by atoms with Gasteiger partial charge in [-0.2, -0.15) is 0 Å². The fraction of sp³-hybridized carbons (Fsp3) is 0.400. The molecule has 0 spiro atoms. The van der Waals surface area contributed by atoms with Gasteiger partial charge in [-0.3, -0.25) is 4.90 Å². The maximum Gasteiger partial charge on any atom is 0.328 e. The van der Waals surface area contributed by atoms with Gasteiger partial charge in [-0.1, -0.05) is 48.5 Å². The fourth-order valence-electron chi connectivity index (χ4n) is 2.34. The van der Waals surface area contributed by atoms with Crippen molar-refractivity contribution in [1.82, 2.24) is 4.90 Å². The summed E-state index contributed by atoms with van der Waals surface area (Å²) in [6.07, 6.45) is 0. The van der Waals surface area contributed by atoms with E-state index >= 15 is 0 Å². The van der Waals surface area contributed by atoms with E-state index in [0.717, 1.165) is 5.56 Å². The lowest BCUT2D eigenvalue weighted by atomic mass is 10.1. The van der Waals surface area contributed by atoms with Crippen LogP contribution in [0.2, 0.25) is 0 Å². The van der Waals surface area contributed by atoms with Crippen molar-refractivity contribution in [2.75, 3.05) is 31.2 Å². The first kappa shape index (κ1) is 17.0. The van der Waals surface area contributed by atoms with E-state index in [0.29, 0.717) is 13.1 Å². The SMILES string of the molecule is C=C(Cl)COC(=O)[C@H](c1ccccc1)N1CCS(=O)(=O)CC1. The van der Waals surface area contributed by atoms with Crippen LogP contribution >= 0.6 is 11.6 Å². The van der Waals surface area contributed by atoms with Gasteiger partial charge < -0.3 is 4.74 Å². The third kappa shape index (κ3) is 4.56. The first-order valence-corrected chi connectivity index (χ1v) is 9.08. The summed E-state index contributed by atoms with van der Waals surface area (Å²) in [5.74, 6) is -0.357. The summed E-state index contributed by atoms with van der Waals surface area (Å²) in [4.78, 5) is 14.2. The number of hydrogen-bond donors (Lipinski definition) is 0. The van der Waals surface area contributed by atoms with Gasteiger partial charge in [0, 0.05) is 18.1 Å². The number of nitrogens with zero attached hydrogens (tertiary/aromatic N) is 1. The number of carbonyl (C=O) groups is 1. The largest absolute Gasteiger partial charge is 0.458 e. The van der Waals surface area contributed by atoms with Gasteiger partial charge >= 0.3 is 5.97 Å². The Hall–Kier alpha value is -1.37. The van der Waals surface area contributed by atoms with Crippen LogP contribution in [-0.4, -0.2) is 50.5 Å². The number of halogens is 1. The van der Waals surface area contributed by atoms with Gasteiger partial charge in [-0.05, 0) is 5.56 Å². The molecule has 0 unspecified atom stereocenters. The lowest BCUT2D eigenvalue weighted by Gasteiger charge is -2.33. The molecule has 22 heavy (non-hydrogen) atoms. The molecule has 0 aromatic heterocycles. The molecule has 0 amide bonds. The Morgan fingerprint density at radius 1 is 1.27 bits per heavy atom. The maximum absolute atomic E-state index is 12.4. The monoisotopic (exact) mass is 343 g/mol. The number of rotatable bonds is 5. The fourth-order valence-corrected chi connectivity index (χ4v) is 3.63. The second-order valence-electron chi connectivity index (χ2n) is 5.13. The Labute approximate surface area is 135 Å². The lowest BCUT2D eigenvalue weighted by Crippen LogP contribution is -2.45. The Morgan fingerprint density at radius 2 is 1.86 bits per heavy atom. The number of carbonyl (C=O) groups excluding carboxylic acids is 1. The van der Waals surface area contributed by atoms with E-state index in [9.17, 15) is 13.2 Å². The molecule has 2 rings (SSSR count). The second kappa shape index (κ2) is 7.26. The molecule has 7 heteroatoms. The van der Waals surface area contributed by atoms with Crippen molar-refractivity contribution < 1.29 is 17.9 Å². The van der Waals surface area contributed by atoms with Crippen molar-refractivity contribution >= 4 is 27.4 Å². The Balaban J connectivity index is 2.19. The summed E-state index contributed by atoms with van der Waals surface area (Å²) in [6, 6.07) is 8.53. The number of sulfone groups is 1. The Morgan fingerprint density at radius 3 is 2.41 bits per heavy atom. The normalized spacial score (nSPS) is 19.3. The zero-order chi connectivity index (χ0) is 16.2. The highest BCUT2D eigenvalue weighted by molar-refractivity contribution is 7.91. The average molecular weight is 344 g/mol. The summed E-state index contributed by atoms with van der Waals surface area (Å²) in [7, 11) is -3.01. The van der Waals surface area contributed by atoms with Crippen LogP contribution < -0.4 is 0 Å². The molecule has 1 aromatic carbocycles. The molecule has 0 N–H and O–H groups in total. The molecular weight excluding hydrogens is 326 g/mol. The molecule has 1 heterocycles. The topological polar surface area (TPSA) is 63.7 Å². The summed E-state index contributed by atoms with van der Waals surface area (Å²) < 4.78 is 28.3. The van der Waals surface area contributed by atoms with Crippen molar-refractivity contribution in [2.45, 2.75) is 6.04 Å². The first-order valence-electron chi connectivity index (χ1n) is 6.88. The molecule has 1 aromatic rings. The van der Waals surface area contributed by atoms with E-state index in [4.69, 9.17) is 16.3 Å². The van der Waals surface area contributed by atoms with Crippen LogP contribution in [0.25, 0.3) is 0 Å². The predicted molar refractivity (Wildman–Crippen MR) is 85.4 cm³/mol. The molecular formula is C15H18ClNO4S. The Bertz CT molecular complexity index is 631. The summed E-state index contributed by atoms with van der Waals surface area (Å²) in [5.41, 5.74) is 0.770. The minimum atomic E-state index is -3.01. The molecule has 0 saturated carbocycles. The van der Waals surface area contributed by atoms with Crippen molar-refractivity contribution in [1.29, 1.82) is 0 Å². The van der Waals surface area contributed by atoms with E-state index in [1.807, 2.05) is 35.2 Å². The molecule has 0 bridgehead atoms. The first-order chi connectivity index (χ1) is 10.4. The van der Waals surface area contributed by atoms with Gasteiger partial charge in [-0.15, -0.1) is 0 Å². The highest BCUT2D eigenvalue weighted by Gasteiger charge is 2.33. The maximum atomic E-state index is 12.4. The minimum Gasteiger partial charge on any atom is -0.458 e. The number of benzene rings is 1. The quantitative estimate of drug-likeness (QED) is 0.762. The third-order valence-corrected chi connectivity index (χ3v) is 5.17. The van der Waals surface area contributed by atoms with Crippen LogP contribution in [0.4, 0.5) is 0 Å². The number of ether oxygens (including phenoxy) is 1. The molecule has 1 saturated heterocycles. The van der Waals surface area contributed by atoms with E-state index in [1.165, 1.54) is 0 Å². The van der Waals surface area contributed by atoms with Gasteiger partial charge in [0.2, 0.25) is 0 Å². The summed E-state index contributed by atoms with van der Waals surface area (Å²) >= 11 is 5.63. The van der Waals surface area contributed by atoms with Gasteiger partial charge in [0.1, 0.15) is 12.6 Å². The molecule has 1 aliphatic rings. The average Bonchev–Trinajstić information content (AvgIpc) is 2.48. The highest BCUT2D eigenvalue weighted by Crippen LogP contribution is 2.24. The zero-order valence-corrected chi connectivity index (χ0v) is 13.6. The van der Waals surface area contributed by atoms with E-state index in [-0.39, 0.29) is 23.1 Å². The molecule has 1 aliphatic heterocycles. The Kier molecular flexibility index (Phi) is 5.61. The lowest BCUT2D eigenvalue weighted by molar-refractivity contribution is -0.149. The molecule has 0 aliphatic carbocycles. The van der Waals surface area contributed by atoms with Crippen LogP contribution in [0, 0.1) is 0 Å². The minimum absolute atomic E-state index is 0.0474. The predicted octanol–water partition coefficient (Wildman–Crippen LogP) is 1.75. The van der Waals surface area contributed by atoms with Gasteiger partial charge in [0.15, 0.2) is 9.84 Å². The molecule has 120 valence electrons. The van der Waals surface area contributed by atoms with Gasteiger partial charge in [0.05, 0.1) is 11.5 Å². The van der Waals surface area contributed by atoms with Gasteiger partial charge in [-0.25, -0.2) is 13.2 Å². The van der Waals surface area contributed by atoms with Gasteiger partial charge in [0.25, 0.3) is 0 Å². The number of esters is 1. The molecule has 0 radical (unpaired) electrons. The van der Waals surface area contributed by atoms with Crippen molar-refractivity contribution in [2.24, 2.45) is 0 Å². The smallest absolute Gasteiger partial charge is 0.328 e. The summed E-state index contributed by atoms with van der Waals surface area (Å²) in [5, 5.41) is 0.237. The van der Waals surface area contributed by atoms with Crippen molar-refractivity contribution in [3.05, 3.63) is 47.5 Å². The zero-order valence-electron chi connectivity index (χ0n) is 12.1. The van der Waals surface area contributed by atoms with E-state index in [1.54, 1.807) is 0 Å². The third-order valence-electron chi connectivity index (χ3n) is 3.45. The second-order valence-corrected chi connectivity index (χ2v) is 7.96. The van der Waals surface area contributed by atoms with Crippen molar-refractivity contribution in [3.8, 4) is 0 Å². The van der Waals surface area contributed by atoms with Crippen LogP contribution in [-0.2, 0) is 19.4 Å². The van der Waals surface area contributed by atoms with E-state index in [2.05, 4.69) is 6.58 Å².